The van der Waals surface area contributed by atoms with E-state index >= 15 is 0 Å². The van der Waals surface area contributed by atoms with Crippen LogP contribution in [0.25, 0.3) is 16.6 Å². The van der Waals surface area contributed by atoms with E-state index in [1.54, 1.807) is 11.1 Å². The lowest BCUT2D eigenvalue weighted by Gasteiger charge is -2.18. The molecule has 0 radical (unpaired) electrons. The molecule has 0 aliphatic rings. The third-order valence-corrected chi connectivity index (χ3v) is 5.46. The van der Waals surface area contributed by atoms with Crippen molar-refractivity contribution in [1.29, 1.82) is 0 Å². The molecule has 0 bridgehead atoms. The van der Waals surface area contributed by atoms with Gasteiger partial charge in [-0.2, -0.15) is 5.10 Å². The maximum absolute atomic E-state index is 12.6. The van der Waals surface area contributed by atoms with Gasteiger partial charge in [0.2, 0.25) is 5.91 Å². The van der Waals surface area contributed by atoms with Crippen molar-refractivity contribution in [3.8, 4) is 0 Å². The first-order chi connectivity index (χ1) is 14.0. The number of benzene rings is 1. The molecule has 148 valence electrons. The van der Waals surface area contributed by atoms with Crippen molar-refractivity contribution >= 4 is 22.5 Å². The lowest BCUT2D eigenvalue weighted by atomic mass is 10.1. The van der Waals surface area contributed by atoms with Gasteiger partial charge < -0.3 is 4.90 Å². The molecule has 0 atom stereocenters. The van der Waals surface area contributed by atoms with Crippen molar-refractivity contribution < 1.29 is 4.79 Å². The summed E-state index contributed by atoms with van der Waals surface area (Å²) in [6.45, 7) is 4.73. The number of hydrogen-bond donors (Lipinski definition) is 0. The SMILES string of the molecule is Cc1nc2c3ccccc3nn2c(C)c1CCC(=O)N(C)CCc1ccccn1. The minimum Gasteiger partial charge on any atom is -0.345 e. The van der Waals surface area contributed by atoms with Crippen LogP contribution >= 0.6 is 0 Å². The summed E-state index contributed by atoms with van der Waals surface area (Å²) in [4.78, 5) is 23.5. The first kappa shape index (κ1) is 19.1. The van der Waals surface area contributed by atoms with Crippen molar-refractivity contribution in [2.24, 2.45) is 0 Å². The Balaban J connectivity index is 1.47. The van der Waals surface area contributed by atoms with Crippen LogP contribution in [-0.2, 0) is 17.6 Å². The number of carbonyl (C=O) groups excluding carboxylic acids is 1. The summed E-state index contributed by atoms with van der Waals surface area (Å²) in [5.74, 6) is 0.130. The summed E-state index contributed by atoms with van der Waals surface area (Å²) in [5.41, 5.74) is 5.91. The molecule has 0 fully saturated rings. The zero-order valence-electron chi connectivity index (χ0n) is 17.1. The average Bonchev–Trinajstić information content (AvgIpc) is 3.11. The molecule has 4 aromatic rings. The minimum atomic E-state index is 0.130. The number of aryl methyl sites for hydroxylation is 2. The van der Waals surface area contributed by atoms with E-state index < -0.39 is 0 Å². The van der Waals surface area contributed by atoms with Crippen LogP contribution in [0, 0.1) is 13.8 Å². The topological polar surface area (TPSA) is 63.4 Å². The number of aromatic nitrogens is 4. The van der Waals surface area contributed by atoms with Crippen LogP contribution in [0.5, 0.6) is 0 Å². The van der Waals surface area contributed by atoms with Crippen molar-refractivity contribution in [3.05, 3.63) is 71.3 Å². The fourth-order valence-electron chi connectivity index (χ4n) is 3.71. The zero-order valence-corrected chi connectivity index (χ0v) is 17.1. The predicted octanol–water partition coefficient (Wildman–Crippen LogP) is 3.53. The van der Waals surface area contributed by atoms with E-state index in [4.69, 9.17) is 10.1 Å². The fraction of sp³-hybridized carbons (Fsp3) is 0.304. The number of rotatable bonds is 6. The molecule has 3 heterocycles. The summed E-state index contributed by atoms with van der Waals surface area (Å²) in [7, 11) is 1.85. The van der Waals surface area contributed by atoms with Crippen LogP contribution in [-0.4, -0.2) is 44.0 Å². The molecule has 0 saturated heterocycles. The number of pyridine rings is 1. The second-order valence-electron chi connectivity index (χ2n) is 7.40. The van der Waals surface area contributed by atoms with Crippen molar-refractivity contribution in [3.63, 3.8) is 0 Å². The van der Waals surface area contributed by atoms with Crippen LogP contribution in [0.4, 0.5) is 0 Å². The van der Waals surface area contributed by atoms with Gasteiger partial charge in [-0.3, -0.25) is 9.78 Å². The van der Waals surface area contributed by atoms with Gasteiger partial charge in [-0.25, -0.2) is 9.50 Å². The Hall–Kier alpha value is -3.28. The third-order valence-electron chi connectivity index (χ3n) is 5.46. The highest BCUT2D eigenvalue weighted by Crippen LogP contribution is 2.23. The maximum Gasteiger partial charge on any atom is 0.222 e. The Morgan fingerprint density at radius 1 is 1.07 bits per heavy atom. The van der Waals surface area contributed by atoms with Crippen LogP contribution in [0.2, 0.25) is 0 Å². The number of carbonyl (C=O) groups is 1. The second kappa shape index (κ2) is 7.99. The molecule has 0 unspecified atom stereocenters. The molecule has 1 amide bonds. The zero-order chi connectivity index (χ0) is 20.4. The molecule has 29 heavy (non-hydrogen) atoms. The summed E-state index contributed by atoms with van der Waals surface area (Å²) in [6.07, 6.45) is 3.65. The Kier molecular flexibility index (Phi) is 5.25. The van der Waals surface area contributed by atoms with E-state index in [2.05, 4.69) is 11.9 Å². The van der Waals surface area contributed by atoms with Crippen LogP contribution in [0.3, 0.4) is 0 Å². The molecule has 0 aliphatic heterocycles. The second-order valence-corrected chi connectivity index (χ2v) is 7.40. The molecule has 4 rings (SSSR count). The number of nitrogens with zero attached hydrogens (tertiary/aromatic N) is 5. The molecule has 1 aromatic carbocycles. The lowest BCUT2D eigenvalue weighted by molar-refractivity contribution is -0.129. The van der Waals surface area contributed by atoms with Crippen LogP contribution < -0.4 is 0 Å². The highest BCUT2D eigenvalue weighted by Gasteiger charge is 2.16. The molecule has 0 N–H and O–H groups in total. The number of amides is 1. The smallest absolute Gasteiger partial charge is 0.222 e. The van der Waals surface area contributed by atoms with Crippen molar-refractivity contribution in [2.45, 2.75) is 33.1 Å². The Labute approximate surface area is 170 Å². The first-order valence-corrected chi connectivity index (χ1v) is 9.92. The Bertz CT molecular complexity index is 1170. The molecular formula is C23H25N5O. The van der Waals surface area contributed by atoms with Gasteiger partial charge in [0, 0.05) is 55.1 Å². The molecule has 0 aliphatic carbocycles. The number of likely N-dealkylation sites (N-methyl/N-ethyl adjacent to an activating group) is 1. The quantitative estimate of drug-likeness (QED) is 0.508. The molecule has 6 nitrogen and oxygen atoms in total. The van der Waals surface area contributed by atoms with Crippen molar-refractivity contribution in [2.75, 3.05) is 13.6 Å². The van der Waals surface area contributed by atoms with E-state index in [0.717, 1.165) is 45.6 Å². The van der Waals surface area contributed by atoms with Gasteiger partial charge in [-0.05, 0) is 50.1 Å². The van der Waals surface area contributed by atoms with E-state index in [-0.39, 0.29) is 5.91 Å². The summed E-state index contributed by atoms with van der Waals surface area (Å²) in [6, 6.07) is 13.9. The third kappa shape index (κ3) is 3.83. The van der Waals surface area contributed by atoms with E-state index in [1.165, 1.54) is 0 Å². The minimum absolute atomic E-state index is 0.130. The van der Waals surface area contributed by atoms with Gasteiger partial charge in [0.25, 0.3) is 0 Å². The van der Waals surface area contributed by atoms with E-state index in [0.29, 0.717) is 19.4 Å². The van der Waals surface area contributed by atoms with E-state index in [1.807, 2.05) is 61.0 Å². The van der Waals surface area contributed by atoms with E-state index in [9.17, 15) is 4.79 Å². The highest BCUT2D eigenvalue weighted by atomic mass is 16.2. The van der Waals surface area contributed by atoms with Gasteiger partial charge in [0.1, 0.15) is 0 Å². The lowest BCUT2D eigenvalue weighted by Crippen LogP contribution is -2.29. The Morgan fingerprint density at radius 3 is 2.66 bits per heavy atom. The molecule has 0 saturated carbocycles. The maximum atomic E-state index is 12.6. The molecule has 6 heteroatoms. The van der Waals surface area contributed by atoms with Crippen LogP contribution in [0.15, 0.2) is 48.7 Å². The summed E-state index contributed by atoms with van der Waals surface area (Å²) in [5, 5.41) is 5.75. The van der Waals surface area contributed by atoms with Gasteiger partial charge in [0.15, 0.2) is 5.65 Å². The van der Waals surface area contributed by atoms with Crippen LogP contribution in [0.1, 0.15) is 29.1 Å². The monoisotopic (exact) mass is 387 g/mol. The van der Waals surface area contributed by atoms with Gasteiger partial charge in [-0.1, -0.05) is 18.2 Å². The van der Waals surface area contributed by atoms with Gasteiger partial charge in [-0.15, -0.1) is 0 Å². The first-order valence-electron chi connectivity index (χ1n) is 9.92. The number of hydrogen-bond acceptors (Lipinski definition) is 4. The van der Waals surface area contributed by atoms with Crippen molar-refractivity contribution in [1.82, 2.24) is 24.5 Å². The standard InChI is InChI=1S/C23H25N5O/c1-16-19(11-12-22(29)27(3)15-13-18-8-6-7-14-24-18)17(2)28-23(25-16)20-9-4-5-10-21(20)26-28/h4-10,14H,11-13,15H2,1-3H3. The van der Waals surface area contributed by atoms with Gasteiger partial charge in [0.05, 0.1) is 5.52 Å². The molecular weight excluding hydrogens is 362 g/mol. The fourth-order valence-corrected chi connectivity index (χ4v) is 3.71. The largest absolute Gasteiger partial charge is 0.345 e. The highest BCUT2D eigenvalue weighted by molar-refractivity contribution is 5.92. The predicted molar refractivity (Wildman–Crippen MR) is 114 cm³/mol. The summed E-state index contributed by atoms with van der Waals surface area (Å²) >= 11 is 0. The normalized spacial score (nSPS) is 11.3. The van der Waals surface area contributed by atoms with Gasteiger partial charge >= 0.3 is 0 Å². The Morgan fingerprint density at radius 2 is 1.86 bits per heavy atom. The molecule has 0 spiro atoms. The average molecular weight is 387 g/mol. The number of fused-ring (bicyclic) bond motifs is 3. The molecule has 3 aromatic heterocycles. The summed E-state index contributed by atoms with van der Waals surface area (Å²) < 4.78 is 1.91.